The molecule has 2 atom stereocenters. The first-order valence-electron chi connectivity index (χ1n) is 10.3. The van der Waals surface area contributed by atoms with E-state index in [0.717, 1.165) is 59.8 Å². The van der Waals surface area contributed by atoms with Gasteiger partial charge in [0.05, 0.1) is 18.0 Å². The lowest BCUT2D eigenvalue weighted by atomic mass is 9.92. The molecule has 148 valence electrons. The summed E-state index contributed by atoms with van der Waals surface area (Å²) in [6, 6.07) is 12.2. The highest BCUT2D eigenvalue weighted by molar-refractivity contribution is 5.68. The summed E-state index contributed by atoms with van der Waals surface area (Å²) in [6.45, 7) is 10.5. The van der Waals surface area contributed by atoms with Crippen LogP contribution in [0.25, 0.3) is 16.9 Å². The summed E-state index contributed by atoms with van der Waals surface area (Å²) in [5.41, 5.74) is 11.1. The van der Waals surface area contributed by atoms with E-state index in [4.69, 9.17) is 15.5 Å². The average molecular weight is 379 g/mol. The molecule has 1 aromatic carbocycles. The maximum atomic E-state index is 6.09. The Morgan fingerprint density at radius 1 is 1.07 bits per heavy atom. The van der Waals surface area contributed by atoms with Crippen LogP contribution in [-0.4, -0.2) is 34.0 Å². The fourth-order valence-corrected chi connectivity index (χ4v) is 4.50. The smallest absolute Gasteiger partial charge is 0.137 e. The van der Waals surface area contributed by atoms with Crippen LogP contribution in [0.2, 0.25) is 0 Å². The molecule has 0 amide bonds. The zero-order valence-electron chi connectivity index (χ0n) is 17.1. The second-order valence-electron chi connectivity index (χ2n) is 8.20. The van der Waals surface area contributed by atoms with Crippen LogP contribution in [-0.2, 0) is 6.54 Å². The van der Waals surface area contributed by atoms with E-state index in [9.17, 15) is 0 Å². The first-order chi connectivity index (χ1) is 13.5. The molecule has 0 spiro atoms. The van der Waals surface area contributed by atoms with Gasteiger partial charge < -0.3 is 14.9 Å². The zero-order chi connectivity index (χ0) is 19.7. The Morgan fingerprint density at radius 3 is 2.46 bits per heavy atom. The number of anilines is 1. The van der Waals surface area contributed by atoms with Gasteiger partial charge in [-0.15, -0.1) is 0 Å². The number of hydrogen-bond donors (Lipinski definition) is 1. The standard InChI is InChI=1S/C23H30N4O/c1-4-28-20-8-5-18(6-9-20)23-21(15-26-12-16(2)11-17(3)13-26)27-14-19(24)7-10-22(27)25-23/h5-10,14,16-17H,4,11-13,15,24H2,1-3H3. The van der Waals surface area contributed by atoms with Crippen LogP contribution in [0.1, 0.15) is 32.9 Å². The molecule has 1 aliphatic rings. The Balaban J connectivity index is 1.74. The maximum absolute atomic E-state index is 6.09. The number of rotatable bonds is 5. The van der Waals surface area contributed by atoms with E-state index in [1.165, 1.54) is 12.1 Å². The molecule has 2 N–H and O–H groups in total. The Labute approximate surface area is 167 Å². The molecule has 5 nitrogen and oxygen atoms in total. The van der Waals surface area contributed by atoms with E-state index in [-0.39, 0.29) is 0 Å². The van der Waals surface area contributed by atoms with Crippen molar-refractivity contribution in [1.82, 2.24) is 14.3 Å². The minimum absolute atomic E-state index is 0.670. The summed E-state index contributed by atoms with van der Waals surface area (Å²) in [5.74, 6) is 2.34. The summed E-state index contributed by atoms with van der Waals surface area (Å²) in [4.78, 5) is 7.50. The second kappa shape index (κ2) is 7.84. The number of nitrogens with zero attached hydrogens (tertiary/aromatic N) is 3. The molecule has 1 fully saturated rings. The number of benzene rings is 1. The molecule has 0 radical (unpaired) electrons. The van der Waals surface area contributed by atoms with Crippen molar-refractivity contribution in [1.29, 1.82) is 0 Å². The lowest BCUT2D eigenvalue weighted by Crippen LogP contribution is -2.38. The van der Waals surface area contributed by atoms with Crippen LogP contribution in [0.5, 0.6) is 5.75 Å². The Kier molecular flexibility index (Phi) is 5.27. The number of ether oxygens (including phenoxy) is 1. The van der Waals surface area contributed by atoms with Crippen molar-refractivity contribution in [2.24, 2.45) is 11.8 Å². The van der Waals surface area contributed by atoms with Crippen molar-refractivity contribution in [2.75, 3.05) is 25.4 Å². The fourth-order valence-electron chi connectivity index (χ4n) is 4.50. The van der Waals surface area contributed by atoms with E-state index in [1.807, 2.05) is 37.4 Å². The number of nitrogen functional groups attached to an aromatic ring is 1. The Hall–Kier alpha value is -2.53. The number of imidazole rings is 1. The third-order valence-electron chi connectivity index (χ3n) is 5.50. The van der Waals surface area contributed by atoms with Gasteiger partial charge in [-0.3, -0.25) is 4.90 Å². The van der Waals surface area contributed by atoms with Crippen molar-refractivity contribution in [2.45, 2.75) is 33.7 Å². The average Bonchev–Trinajstić information content (AvgIpc) is 2.99. The molecule has 1 aliphatic heterocycles. The van der Waals surface area contributed by atoms with Gasteiger partial charge in [-0.05, 0) is 61.6 Å². The van der Waals surface area contributed by atoms with Crippen LogP contribution in [0.3, 0.4) is 0 Å². The topological polar surface area (TPSA) is 55.8 Å². The molecule has 2 unspecified atom stereocenters. The van der Waals surface area contributed by atoms with Gasteiger partial charge in [-0.25, -0.2) is 4.98 Å². The molecular weight excluding hydrogens is 348 g/mol. The van der Waals surface area contributed by atoms with Crippen LogP contribution in [0.4, 0.5) is 5.69 Å². The lowest BCUT2D eigenvalue weighted by molar-refractivity contribution is 0.133. The number of piperidine rings is 1. The first-order valence-corrected chi connectivity index (χ1v) is 10.3. The molecule has 5 heteroatoms. The molecule has 3 aromatic rings. The lowest BCUT2D eigenvalue weighted by Gasteiger charge is -2.35. The van der Waals surface area contributed by atoms with Crippen LogP contribution < -0.4 is 10.5 Å². The predicted octanol–water partition coefficient (Wildman–Crippen LogP) is 4.46. The van der Waals surface area contributed by atoms with Gasteiger partial charge in [0.2, 0.25) is 0 Å². The number of nitrogens with two attached hydrogens (primary N) is 1. The normalized spacial score (nSPS) is 20.5. The number of hydrogen-bond acceptors (Lipinski definition) is 4. The van der Waals surface area contributed by atoms with Crippen molar-refractivity contribution in [3.05, 3.63) is 48.3 Å². The van der Waals surface area contributed by atoms with Gasteiger partial charge in [0.25, 0.3) is 0 Å². The number of likely N-dealkylation sites (tertiary alicyclic amines) is 1. The molecular formula is C23H30N4O. The summed E-state index contributed by atoms with van der Waals surface area (Å²) in [5, 5.41) is 0. The van der Waals surface area contributed by atoms with Gasteiger partial charge in [-0.1, -0.05) is 13.8 Å². The third-order valence-corrected chi connectivity index (χ3v) is 5.50. The van der Waals surface area contributed by atoms with Gasteiger partial charge in [0.1, 0.15) is 11.4 Å². The zero-order valence-corrected chi connectivity index (χ0v) is 17.1. The number of pyridine rings is 1. The van der Waals surface area contributed by atoms with Crippen molar-refractivity contribution in [3.63, 3.8) is 0 Å². The van der Waals surface area contributed by atoms with Gasteiger partial charge in [0, 0.05) is 37.1 Å². The largest absolute Gasteiger partial charge is 0.494 e. The van der Waals surface area contributed by atoms with Crippen LogP contribution in [0.15, 0.2) is 42.6 Å². The molecule has 2 aromatic heterocycles. The minimum Gasteiger partial charge on any atom is -0.494 e. The van der Waals surface area contributed by atoms with Crippen LogP contribution >= 0.6 is 0 Å². The summed E-state index contributed by atoms with van der Waals surface area (Å²) < 4.78 is 7.75. The highest BCUT2D eigenvalue weighted by Crippen LogP contribution is 2.30. The van der Waals surface area contributed by atoms with E-state index < -0.39 is 0 Å². The second-order valence-corrected chi connectivity index (χ2v) is 8.20. The van der Waals surface area contributed by atoms with Gasteiger partial charge in [-0.2, -0.15) is 0 Å². The summed E-state index contributed by atoms with van der Waals surface area (Å²) in [7, 11) is 0. The molecule has 4 rings (SSSR count). The van der Waals surface area contributed by atoms with Gasteiger partial charge in [0.15, 0.2) is 0 Å². The Morgan fingerprint density at radius 2 is 1.79 bits per heavy atom. The molecule has 0 saturated carbocycles. The molecule has 28 heavy (non-hydrogen) atoms. The number of aromatic nitrogens is 2. The first kappa shape index (κ1) is 18.8. The molecule has 3 heterocycles. The predicted molar refractivity (Wildman–Crippen MR) is 114 cm³/mol. The fraction of sp³-hybridized carbons (Fsp3) is 0.435. The maximum Gasteiger partial charge on any atom is 0.137 e. The van der Waals surface area contributed by atoms with Crippen molar-refractivity contribution in [3.8, 4) is 17.0 Å². The van der Waals surface area contributed by atoms with Crippen molar-refractivity contribution < 1.29 is 4.74 Å². The summed E-state index contributed by atoms with van der Waals surface area (Å²) >= 11 is 0. The highest BCUT2D eigenvalue weighted by atomic mass is 16.5. The third kappa shape index (κ3) is 3.85. The van der Waals surface area contributed by atoms with E-state index >= 15 is 0 Å². The minimum atomic E-state index is 0.670. The SMILES string of the molecule is CCOc1ccc(-c2nc3ccc(N)cn3c2CN2CC(C)CC(C)C2)cc1. The highest BCUT2D eigenvalue weighted by Gasteiger charge is 2.24. The van der Waals surface area contributed by atoms with Gasteiger partial charge >= 0.3 is 0 Å². The molecule has 0 aliphatic carbocycles. The van der Waals surface area contributed by atoms with E-state index in [1.54, 1.807) is 0 Å². The molecule has 0 bridgehead atoms. The Bertz CT molecular complexity index is 937. The van der Waals surface area contributed by atoms with Crippen LogP contribution in [0, 0.1) is 11.8 Å². The van der Waals surface area contributed by atoms with E-state index in [2.05, 4.69) is 35.3 Å². The molecule has 1 saturated heterocycles. The summed E-state index contributed by atoms with van der Waals surface area (Å²) in [6.07, 6.45) is 3.30. The number of fused-ring (bicyclic) bond motifs is 1. The quantitative estimate of drug-likeness (QED) is 0.712. The van der Waals surface area contributed by atoms with Crippen molar-refractivity contribution >= 4 is 11.3 Å². The monoisotopic (exact) mass is 378 g/mol. The van der Waals surface area contributed by atoms with E-state index in [0.29, 0.717) is 6.61 Å².